The van der Waals surface area contributed by atoms with Gasteiger partial charge < -0.3 is 4.42 Å². The molecule has 9 heteroatoms. The van der Waals surface area contributed by atoms with Crippen molar-refractivity contribution >= 4 is 35.0 Å². The van der Waals surface area contributed by atoms with Crippen LogP contribution in [-0.2, 0) is 12.3 Å². The number of hydrogen-bond donors (Lipinski definition) is 0. The molecular formula is C24H17Cl2N5OS. The topological polar surface area (TPSA) is 69.6 Å². The lowest BCUT2D eigenvalue weighted by Crippen LogP contribution is -2.04. The fraction of sp³-hybridized carbons (Fsp3) is 0.0833. The Kier molecular flexibility index (Phi) is 6.44. The van der Waals surface area contributed by atoms with Gasteiger partial charge in [0.05, 0.1) is 17.3 Å². The highest BCUT2D eigenvalue weighted by molar-refractivity contribution is 7.98. The van der Waals surface area contributed by atoms with Gasteiger partial charge in [-0.1, -0.05) is 77.4 Å². The Labute approximate surface area is 204 Å². The van der Waals surface area contributed by atoms with Crippen LogP contribution in [0, 0.1) is 0 Å². The summed E-state index contributed by atoms with van der Waals surface area (Å²) in [7, 11) is 0. The quantitative estimate of drug-likeness (QED) is 0.236. The summed E-state index contributed by atoms with van der Waals surface area (Å²) < 4.78 is 7.89. The largest absolute Gasteiger partial charge is 0.420 e. The zero-order valence-electron chi connectivity index (χ0n) is 17.2. The Bertz CT molecular complexity index is 1370. The minimum Gasteiger partial charge on any atom is -0.420 e. The molecule has 5 aromatic rings. The van der Waals surface area contributed by atoms with Gasteiger partial charge in [0, 0.05) is 16.1 Å². The number of rotatable bonds is 7. The summed E-state index contributed by atoms with van der Waals surface area (Å²) in [5, 5.41) is 19.2. The molecule has 0 aliphatic carbocycles. The summed E-state index contributed by atoms with van der Waals surface area (Å²) in [5.74, 6) is 2.11. The molecule has 0 fully saturated rings. The van der Waals surface area contributed by atoms with Crippen LogP contribution in [0.4, 0.5) is 0 Å². The summed E-state index contributed by atoms with van der Waals surface area (Å²) in [6.45, 7) is 0.608. The lowest BCUT2D eigenvalue weighted by atomic mass is 10.2. The third-order valence-corrected chi connectivity index (χ3v) is 6.43. The molecule has 3 aromatic carbocycles. The van der Waals surface area contributed by atoms with Gasteiger partial charge in [-0.3, -0.25) is 4.57 Å². The zero-order chi connectivity index (χ0) is 22.6. The van der Waals surface area contributed by atoms with Crippen molar-refractivity contribution in [3.05, 3.63) is 100 Å². The average molecular weight is 494 g/mol. The number of halogens is 2. The van der Waals surface area contributed by atoms with Gasteiger partial charge in [-0.25, -0.2) is 0 Å². The molecule has 0 aliphatic heterocycles. The highest BCUT2D eigenvalue weighted by Gasteiger charge is 2.18. The van der Waals surface area contributed by atoms with Crippen LogP contribution >= 0.6 is 35.0 Å². The van der Waals surface area contributed by atoms with Crippen LogP contribution in [0.1, 0.15) is 11.5 Å². The smallest absolute Gasteiger partial charge is 0.247 e. The van der Waals surface area contributed by atoms with E-state index in [9.17, 15) is 0 Å². The van der Waals surface area contributed by atoms with E-state index in [0.717, 1.165) is 21.8 Å². The van der Waals surface area contributed by atoms with Crippen molar-refractivity contribution in [2.24, 2.45) is 0 Å². The van der Waals surface area contributed by atoms with Crippen LogP contribution in [0.3, 0.4) is 0 Å². The molecule has 0 aliphatic rings. The monoisotopic (exact) mass is 493 g/mol. The van der Waals surface area contributed by atoms with E-state index in [1.807, 2.05) is 54.6 Å². The molecule has 0 radical (unpaired) electrons. The predicted molar refractivity (Wildman–Crippen MR) is 130 cm³/mol. The minimum absolute atomic E-state index is 0.449. The van der Waals surface area contributed by atoms with Gasteiger partial charge in [0.1, 0.15) is 0 Å². The molecule has 5 rings (SSSR count). The van der Waals surface area contributed by atoms with Crippen LogP contribution in [0.15, 0.2) is 88.4 Å². The average Bonchev–Trinajstić information content (AvgIpc) is 3.47. The maximum atomic E-state index is 6.46. The van der Waals surface area contributed by atoms with E-state index >= 15 is 0 Å². The van der Waals surface area contributed by atoms with Gasteiger partial charge in [0.15, 0.2) is 11.0 Å². The molecule has 0 saturated carbocycles. The van der Waals surface area contributed by atoms with Gasteiger partial charge in [0.25, 0.3) is 0 Å². The van der Waals surface area contributed by atoms with Crippen LogP contribution in [0.2, 0.25) is 10.0 Å². The van der Waals surface area contributed by atoms with Crippen LogP contribution in [-0.4, -0.2) is 25.0 Å². The first-order valence-electron chi connectivity index (χ1n) is 10.1. The molecule has 33 heavy (non-hydrogen) atoms. The Morgan fingerprint density at radius 3 is 2.33 bits per heavy atom. The van der Waals surface area contributed by atoms with Gasteiger partial charge in [-0.15, -0.1) is 20.4 Å². The molecular weight excluding hydrogens is 477 g/mol. The lowest BCUT2D eigenvalue weighted by Gasteiger charge is -2.11. The molecule has 0 atom stereocenters. The van der Waals surface area contributed by atoms with Crippen LogP contribution in [0.5, 0.6) is 0 Å². The van der Waals surface area contributed by atoms with E-state index in [-0.39, 0.29) is 0 Å². The number of nitrogens with zero attached hydrogens (tertiary/aromatic N) is 5. The Balaban J connectivity index is 1.41. The minimum atomic E-state index is 0.449. The first-order valence-corrected chi connectivity index (χ1v) is 11.8. The number of aromatic nitrogens is 5. The van der Waals surface area contributed by atoms with E-state index in [1.165, 1.54) is 11.8 Å². The Morgan fingerprint density at radius 2 is 1.55 bits per heavy atom. The van der Waals surface area contributed by atoms with Gasteiger partial charge in [-0.2, -0.15) is 0 Å². The van der Waals surface area contributed by atoms with E-state index in [4.69, 9.17) is 27.6 Å². The van der Waals surface area contributed by atoms with E-state index < -0.39 is 0 Å². The van der Waals surface area contributed by atoms with Crippen molar-refractivity contribution in [3.63, 3.8) is 0 Å². The van der Waals surface area contributed by atoms with Gasteiger partial charge >= 0.3 is 0 Å². The molecule has 0 saturated heterocycles. The molecule has 0 N–H and O–H groups in total. The van der Waals surface area contributed by atoms with Crippen molar-refractivity contribution in [1.82, 2.24) is 25.0 Å². The van der Waals surface area contributed by atoms with Crippen molar-refractivity contribution in [2.45, 2.75) is 17.5 Å². The molecule has 164 valence electrons. The molecule has 0 amide bonds. The van der Waals surface area contributed by atoms with Gasteiger partial charge in [0.2, 0.25) is 11.8 Å². The maximum Gasteiger partial charge on any atom is 0.247 e. The second-order valence-corrected chi connectivity index (χ2v) is 8.94. The van der Waals surface area contributed by atoms with E-state index in [2.05, 4.69) is 37.1 Å². The van der Waals surface area contributed by atoms with Crippen molar-refractivity contribution in [2.75, 3.05) is 0 Å². The third kappa shape index (κ3) is 4.95. The number of benzene rings is 3. The summed E-state index contributed by atoms with van der Waals surface area (Å²) in [4.78, 5) is 0. The molecule has 0 spiro atoms. The molecule has 2 aromatic heterocycles. The van der Waals surface area contributed by atoms with E-state index in [1.54, 1.807) is 12.1 Å². The molecule has 0 unspecified atom stereocenters. The fourth-order valence-electron chi connectivity index (χ4n) is 3.29. The zero-order valence-corrected chi connectivity index (χ0v) is 19.6. The van der Waals surface area contributed by atoms with Crippen LogP contribution < -0.4 is 0 Å². The normalized spacial score (nSPS) is 11.1. The molecule has 2 heterocycles. The predicted octanol–water partition coefficient (Wildman–Crippen LogP) is 6.64. The second kappa shape index (κ2) is 9.79. The first kappa shape index (κ1) is 21.7. The summed E-state index contributed by atoms with van der Waals surface area (Å²) >= 11 is 13.9. The first-order chi connectivity index (χ1) is 16.2. The van der Waals surface area contributed by atoms with Gasteiger partial charge in [-0.05, 0) is 42.0 Å². The Morgan fingerprint density at radius 1 is 0.788 bits per heavy atom. The van der Waals surface area contributed by atoms with Crippen molar-refractivity contribution < 1.29 is 4.42 Å². The van der Waals surface area contributed by atoms with Crippen molar-refractivity contribution in [1.29, 1.82) is 0 Å². The van der Waals surface area contributed by atoms with Crippen molar-refractivity contribution in [3.8, 4) is 22.8 Å². The second-order valence-electron chi connectivity index (χ2n) is 7.15. The third-order valence-electron chi connectivity index (χ3n) is 4.90. The lowest BCUT2D eigenvalue weighted by molar-refractivity contribution is 0.528. The fourth-order valence-corrected chi connectivity index (χ4v) is 4.41. The number of thioether (sulfide) groups is 1. The molecule has 6 nitrogen and oxygen atoms in total. The standard InChI is InChI=1S/C24H17Cl2N5OS/c25-18-12-10-17(11-13-18)23-29-27-21(32-23)15-33-24-30-28-22(19-8-4-5-9-20(19)26)31(24)14-16-6-2-1-3-7-16/h1-13H,14-15H2. The Hall–Kier alpha value is -3.13. The number of hydrogen-bond acceptors (Lipinski definition) is 6. The summed E-state index contributed by atoms with van der Waals surface area (Å²) in [6, 6.07) is 25.1. The highest BCUT2D eigenvalue weighted by atomic mass is 35.5. The maximum absolute atomic E-state index is 6.46. The van der Waals surface area contributed by atoms with Crippen LogP contribution in [0.25, 0.3) is 22.8 Å². The SMILES string of the molecule is Clc1ccc(-c2nnc(CSc3nnc(-c4ccccc4Cl)n3Cc3ccccc3)o2)cc1. The summed E-state index contributed by atoms with van der Waals surface area (Å²) in [5.41, 5.74) is 2.78. The summed E-state index contributed by atoms with van der Waals surface area (Å²) in [6.07, 6.45) is 0. The molecule has 0 bridgehead atoms. The highest BCUT2D eigenvalue weighted by Crippen LogP contribution is 2.31. The van der Waals surface area contributed by atoms with E-state index in [0.29, 0.717) is 39.9 Å².